The molecule has 0 amide bonds. The molecule has 0 aromatic carbocycles. The lowest BCUT2D eigenvalue weighted by Crippen LogP contribution is -2.30. The molecule has 462 valence electrons. The third-order valence-corrected chi connectivity index (χ3v) is 15.8. The predicted octanol–water partition coefficient (Wildman–Crippen LogP) is 24.1. The summed E-state index contributed by atoms with van der Waals surface area (Å²) < 4.78 is 17.0. The minimum Gasteiger partial charge on any atom is -0.462 e. The number of esters is 3. The molecular formula is C73H134O6. The summed E-state index contributed by atoms with van der Waals surface area (Å²) in [5, 5.41) is 0. The Morgan fingerprint density at radius 1 is 0.253 bits per heavy atom. The molecule has 0 aromatic rings. The molecule has 79 heavy (non-hydrogen) atoms. The van der Waals surface area contributed by atoms with Crippen molar-refractivity contribution in [3.63, 3.8) is 0 Å². The molecule has 0 saturated heterocycles. The minimum atomic E-state index is -0.781. The SMILES string of the molecule is CCCCC/C=C\C/C=C\CCCCCCCCCCCC(=O)OC(COC(=O)CCCCCCC/C=C\C/C=C\CCCCCC)COC(=O)CCCCCCCCCCCCCCCCCCCCCCCCCCCC. The highest BCUT2D eigenvalue weighted by Gasteiger charge is 2.19. The molecule has 0 radical (unpaired) electrons. The van der Waals surface area contributed by atoms with E-state index in [1.165, 1.54) is 257 Å². The maximum atomic E-state index is 12.9. The summed E-state index contributed by atoms with van der Waals surface area (Å²) in [5.41, 5.74) is 0. The Bertz CT molecular complexity index is 1360. The minimum absolute atomic E-state index is 0.0755. The summed E-state index contributed by atoms with van der Waals surface area (Å²) in [6.07, 6.45) is 85.6. The van der Waals surface area contributed by atoms with Crippen molar-refractivity contribution in [2.45, 2.75) is 386 Å². The Kier molecular flexibility index (Phi) is 65.6. The average molecular weight is 1110 g/mol. The molecule has 0 heterocycles. The fourth-order valence-electron chi connectivity index (χ4n) is 10.5. The van der Waals surface area contributed by atoms with E-state index in [1.54, 1.807) is 0 Å². The zero-order chi connectivity index (χ0) is 57.1. The van der Waals surface area contributed by atoms with Crippen molar-refractivity contribution >= 4 is 17.9 Å². The molecule has 0 spiro atoms. The van der Waals surface area contributed by atoms with E-state index in [0.717, 1.165) is 83.5 Å². The molecular weight excluding hydrogens is 973 g/mol. The fourth-order valence-corrected chi connectivity index (χ4v) is 10.5. The van der Waals surface area contributed by atoms with Crippen molar-refractivity contribution in [2.75, 3.05) is 13.2 Å². The number of ether oxygens (including phenoxy) is 3. The second kappa shape index (κ2) is 67.9. The maximum absolute atomic E-state index is 12.9. The van der Waals surface area contributed by atoms with Gasteiger partial charge in [-0.25, -0.2) is 0 Å². The molecule has 0 saturated carbocycles. The van der Waals surface area contributed by atoms with E-state index in [9.17, 15) is 14.4 Å². The van der Waals surface area contributed by atoms with E-state index in [1.807, 2.05) is 0 Å². The zero-order valence-electron chi connectivity index (χ0n) is 53.2. The van der Waals surface area contributed by atoms with Gasteiger partial charge in [0.05, 0.1) is 0 Å². The summed E-state index contributed by atoms with van der Waals surface area (Å²) in [4.78, 5) is 38.4. The van der Waals surface area contributed by atoms with Crippen molar-refractivity contribution in [1.29, 1.82) is 0 Å². The summed E-state index contributed by atoms with van der Waals surface area (Å²) in [6, 6.07) is 0. The van der Waals surface area contributed by atoms with E-state index < -0.39 is 6.10 Å². The summed E-state index contributed by atoms with van der Waals surface area (Å²) in [6.45, 7) is 6.65. The van der Waals surface area contributed by atoms with Gasteiger partial charge in [0, 0.05) is 19.3 Å². The Labute approximate surface area is 492 Å². The van der Waals surface area contributed by atoms with Gasteiger partial charge in [0.25, 0.3) is 0 Å². The van der Waals surface area contributed by atoms with Crippen LogP contribution in [0.5, 0.6) is 0 Å². The first-order valence-electron chi connectivity index (χ1n) is 35.1. The van der Waals surface area contributed by atoms with Gasteiger partial charge in [0.2, 0.25) is 0 Å². The number of carbonyl (C=O) groups excluding carboxylic acids is 3. The Balaban J connectivity index is 4.28. The summed E-state index contributed by atoms with van der Waals surface area (Å²) in [7, 11) is 0. The first-order valence-corrected chi connectivity index (χ1v) is 35.1. The van der Waals surface area contributed by atoms with Gasteiger partial charge in [-0.3, -0.25) is 14.4 Å². The molecule has 0 aromatic heterocycles. The van der Waals surface area contributed by atoms with Crippen LogP contribution in [0, 0.1) is 0 Å². The smallest absolute Gasteiger partial charge is 0.306 e. The van der Waals surface area contributed by atoms with Crippen LogP contribution in [0.1, 0.15) is 380 Å². The molecule has 0 aliphatic carbocycles. The predicted molar refractivity (Wildman–Crippen MR) is 344 cm³/mol. The monoisotopic (exact) mass is 1110 g/mol. The van der Waals surface area contributed by atoms with Gasteiger partial charge in [-0.2, -0.15) is 0 Å². The van der Waals surface area contributed by atoms with Crippen molar-refractivity contribution in [3.8, 4) is 0 Å². The number of hydrogen-bond acceptors (Lipinski definition) is 6. The fraction of sp³-hybridized carbons (Fsp3) is 0.849. The molecule has 0 N–H and O–H groups in total. The quantitative estimate of drug-likeness (QED) is 0.0261. The molecule has 6 nitrogen and oxygen atoms in total. The summed E-state index contributed by atoms with van der Waals surface area (Å²) >= 11 is 0. The third-order valence-electron chi connectivity index (χ3n) is 15.8. The number of hydrogen-bond donors (Lipinski definition) is 0. The van der Waals surface area contributed by atoms with Crippen molar-refractivity contribution in [3.05, 3.63) is 48.6 Å². The van der Waals surface area contributed by atoms with Crippen molar-refractivity contribution in [2.24, 2.45) is 0 Å². The molecule has 0 fully saturated rings. The lowest BCUT2D eigenvalue weighted by atomic mass is 10.0. The largest absolute Gasteiger partial charge is 0.462 e. The lowest BCUT2D eigenvalue weighted by Gasteiger charge is -2.18. The highest BCUT2D eigenvalue weighted by molar-refractivity contribution is 5.71. The van der Waals surface area contributed by atoms with Gasteiger partial charge in [-0.15, -0.1) is 0 Å². The van der Waals surface area contributed by atoms with E-state index in [0.29, 0.717) is 19.3 Å². The Morgan fingerprint density at radius 3 is 0.734 bits per heavy atom. The van der Waals surface area contributed by atoms with Gasteiger partial charge in [-0.1, -0.05) is 326 Å². The second-order valence-electron chi connectivity index (χ2n) is 23.8. The second-order valence-corrected chi connectivity index (χ2v) is 23.8. The molecule has 0 bridgehead atoms. The van der Waals surface area contributed by atoms with Crippen LogP contribution in [0.3, 0.4) is 0 Å². The van der Waals surface area contributed by atoms with E-state index >= 15 is 0 Å². The molecule has 0 aliphatic heterocycles. The number of carbonyl (C=O) groups is 3. The molecule has 0 aliphatic rings. The van der Waals surface area contributed by atoms with Gasteiger partial charge in [-0.05, 0) is 83.5 Å². The van der Waals surface area contributed by atoms with Gasteiger partial charge in [0.15, 0.2) is 6.10 Å². The molecule has 1 unspecified atom stereocenters. The first-order chi connectivity index (χ1) is 39.0. The van der Waals surface area contributed by atoms with Crippen molar-refractivity contribution < 1.29 is 28.6 Å². The molecule has 1 atom stereocenters. The maximum Gasteiger partial charge on any atom is 0.306 e. The molecule has 6 heteroatoms. The average Bonchev–Trinajstić information content (AvgIpc) is 3.45. The van der Waals surface area contributed by atoms with Crippen molar-refractivity contribution in [1.82, 2.24) is 0 Å². The topological polar surface area (TPSA) is 78.9 Å². The number of allylic oxidation sites excluding steroid dienone is 8. The van der Waals surface area contributed by atoms with Gasteiger partial charge < -0.3 is 14.2 Å². The van der Waals surface area contributed by atoms with Crippen LogP contribution in [-0.2, 0) is 28.6 Å². The van der Waals surface area contributed by atoms with E-state index in [-0.39, 0.29) is 31.1 Å². The van der Waals surface area contributed by atoms with Crippen LogP contribution in [0.4, 0.5) is 0 Å². The van der Waals surface area contributed by atoms with Crippen LogP contribution in [0.2, 0.25) is 0 Å². The van der Waals surface area contributed by atoms with Crippen LogP contribution < -0.4 is 0 Å². The van der Waals surface area contributed by atoms with Gasteiger partial charge >= 0.3 is 17.9 Å². The standard InChI is InChI=1S/C73H134O6/c1-4-7-10-13-16-19-22-25-28-31-33-34-35-36-37-38-39-41-42-45-48-51-54-57-60-63-66-72(75)78-69-70(68-77-71(74)65-62-59-56-53-50-47-44-30-27-24-21-18-15-12-9-6-3)79-73(76)67-64-61-58-55-52-49-46-43-40-32-29-26-23-20-17-14-11-8-5-2/h17,20-21,24,26,29-30,44,70H,4-16,18-19,22-23,25,27-28,31-43,45-69H2,1-3H3/b20-17-,24-21-,29-26-,44-30-. The van der Waals surface area contributed by atoms with Gasteiger partial charge in [0.1, 0.15) is 13.2 Å². The third kappa shape index (κ3) is 66.1. The highest BCUT2D eigenvalue weighted by atomic mass is 16.6. The van der Waals surface area contributed by atoms with Crippen LogP contribution >= 0.6 is 0 Å². The van der Waals surface area contributed by atoms with Crippen LogP contribution in [0.15, 0.2) is 48.6 Å². The van der Waals surface area contributed by atoms with Crippen LogP contribution in [0.25, 0.3) is 0 Å². The van der Waals surface area contributed by atoms with E-state index in [4.69, 9.17) is 14.2 Å². The highest BCUT2D eigenvalue weighted by Crippen LogP contribution is 2.18. The van der Waals surface area contributed by atoms with E-state index in [2.05, 4.69) is 69.4 Å². The number of rotatable bonds is 65. The zero-order valence-corrected chi connectivity index (χ0v) is 53.2. The Hall–Kier alpha value is -2.63. The summed E-state index contributed by atoms with van der Waals surface area (Å²) in [5.74, 6) is -0.869. The first kappa shape index (κ1) is 76.4. The Morgan fingerprint density at radius 2 is 0.456 bits per heavy atom. The lowest BCUT2D eigenvalue weighted by molar-refractivity contribution is -0.167. The normalized spacial score (nSPS) is 12.3. The van der Waals surface area contributed by atoms with Crippen LogP contribution in [-0.4, -0.2) is 37.2 Å². The molecule has 0 rings (SSSR count). The number of unbranched alkanes of at least 4 members (excludes halogenated alkanes) is 46.